The predicted octanol–water partition coefficient (Wildman–Crippen LogP) is 2.31. The molecule has 4 heterocycles. The van der Waals surface area contributed by atoms with E-state index in [1.165, 1.54) is 38.5 Å². The van der Waals surface area contributed by atoms with Gasteiger partial charge in [-0.15, -0.1) is 0 Å². The number of rotatable bonds is 5. The van der Waals surface area contributed by atoms with Gasteiger partial charge in [0.05, 0.1) is 25.2 Å². The van der Waals surface area contributed by atoms with Gasteiger partial charge in [-0.3, -0.25) is 0 Å². The van der Waals surface area contributed by atoms with E-state index in [-0.39, 0.29) is 11.7 Å². The second-order valence-corrected chi connectivity index (χ2v) is 7.49. The highest BCUT2D eigenvalue weighted by atomic mass is 16.5. The molecule has 0 radical (unpaired) electrons. The lowest BCUT2D eigenvalue weighted by Crippen LogP contribution is -2.44. The molecule has 0 aromatic carbocycles. The zero-order valence-corrected chi connectivity index (χ0v) is 16.4. The van der Waals surface area contributed by atoms with Crippen molar-refractivity contribution in [1.29, 1.82) is 5.26 Å². The number of hydrogen-bond acceptors (Lipinski definition) is 9. The number of ether oxygens (including phenoxy) is 1. The first-order valence-electron chi connectivity index (χ1n) is 9.63. The van der Waals surface area contributed by atoms with Crippen molar-refractivity contribution in [3.63, 3.8) is 0 Å². The van der Waals surface area contributed by atoms with Gasteiger partial charge in [0.25, 0.3) is 0 Å². The predicted molar refractivity (Wildman–Crippen MR) is 107 cm³/mol. The third-order valence-corrected chi connectivity index (χ3v) is 5.79. The quantitative estimate of drug-likeness (QED) is 0.738. The Hall–Kier alpha value is -3.25. The van der Waals surface area contributed by atoms with Crippen molar-refractivity contribution < 1.29 is 9.53 Å². The number of aromatic nitrogens is 3. The largest absolute Gasteiger partial charge is 0.465 e. The molecule has 0 amide bonds. The molecular weight excluding hydrogens is 370 g/mol. The van der Waals surface area contributed by atoms with E-state index in [0.29, 0.717) is 35.0 Å². The Morgan fingerprint density at radius 3 is 2.52 bits per heavy atom. The average Bonchev–Trinajstić information content (AvgIpc) is 2.94. The van der Waals surface area contributed by atoms with Gasteiger partial charge in [0.1, 0.15) is 23.3 Å². The van der Waals surface area contributed by atoms with E-state index in [4.69, 9.17) is 10.00 Å². The van der Waals surface area contributed by atoms with Crippen LogP contribution in [-0.2, 0) is 4.74 Å². The fourth-order valence-corrected chi connectivity index (χ4v) is 4.25. The van der Waals surface area contributed by atoms with E-state index >= 15 is 0 Å². The second-order valence-electron chi connectivity index (χ2n) is 7.49. The number of esters is 1. The summed E-state index contributed by atoms with van der Waals surface area (Å²) in [6, 6.07) is 5.17. The lowest BCUT2D eigenvalue weighted by atomic mass is 9.97. The number of carbonyl (C=O) groups is 1. The number of hydrogen-bond donors (Lipinski definition) is 2. The Morgan fingerprint density at radius 1 is 1.17 bits per heavy atom. The van der Waals surface area contributed by atoms with Crippen LogP contribution < -0.4 is 10.6 Å². The molecule has 2 aromatic rings. The van der Waals surface area contributed by atoms with Crippen LogP contribution in [0.25, 0.3) is 0 Å². The number of pyridine rings is 1. The van der Waals surface area contributed by atoms with Crippen molar-refractivity contribution in [3.05, 3.63) is 35.9 Å². The van der Waals surface area contributed by atoms with Crippen LogP contribution in [0.2, 0.25) is 0 Å². The van der Waals surface area contributed by atoms with Crippen molar-refractivity contribution >= 4 is 23.3 Å². The van der Waals surface area contributed by atoms with Crippen molar-refractivity contribution in [1.82, 2.24) is 19.9 Å². The summed E-state index contributed by atoms with van der Waals surface area (Å²) in [4.78, 5) is 27.1. The first-order chi connectivity index (χ1) is 14.1. The van der Waals surface area contributed by atoms with Crippen LogP contribution in [0.15, 0.2) is 24.7 Å². The molecule has 2 bridgehead atoms. The molecule has 3 atom stereocenters. The van der Waals surface area contributed by atoms with Crippen LogP contribution in [0.3, 0.4) is 0 Å². The van der Waals surface area contributed by atoms with Crippen LogP contribution in [0.4, 0.5) is 17.3 Å². The van der Waals surface area contributed by atoms with Crippen LogP contribution in [0.5, 0.6) is 0 Å². The fourth-order valence-electron chi connectivity index (χ4n) is 4.25. The smallest absolute Gasteiger partial charge is 0.341 e. The average molecular weight is 393 g/mol. The standard InChI is InChI=1S/C20H23N7O2/c1-27-14-3-4-15(27)6-12(5-14)25-17-7-18(24-10-16(17)20(28)29-2)26-19-11-22-13(8-21)9-23-19/h7,9-12,14-15H,3-6H2,1-2H3,(H2,23,24,25,26)/t12-,14+,15-. The lowest BCUT2D eigenvalue weighted by Gasteiger charge is -2.37. The number of methoxy groups -OCH3 is 1. The van der Waals surface area contributed by atoms with Crippen LogP contribution in [-0.4, -0.2) is 58.1 Å². The molecule has 9 heteroatoms. The van der Waals surface area contributed by atoms with Gasteiger partial charge in [-0.25, -0.2) is 19.7 Å². The Labute approximate surface area is 169 Å². The van der Waals surface area contributed by atoms with Gasteiger partial charge in [-0.05, 0) is 32.7 Å². The summed E-state index contributed by atoms with van der Waals surface area (Å²) in [5, 5.41) is 15.4. The molecule has 2 aromatic heterocycles. The summed E-state index contributed by atoms with van der Waals surface area (Å²) < 4.78 is 4.92. The lowest BCUT2D eigenvalue weighted by molar-refractivity contribution is 0.0601. The van der Waals surface area contributed by atoms with Gasteiger partial charge < -0.3 is 20.3 Å². The number of nitrogens with zero attached hydrogens (tertiary/aromatic N) is 5. The number of piperidine rings is 1. The molecule has 0 saturated carbocycles. The van der Waals surface area contributed by atoms with Crippen LogP contribution >= 0.6 is 0 Å². The Balaban J connectivity index is 1.55. The minimum Gasteiger partial charge on any atom is -0.465 e. The Bertz CT molecular complexity index is 927. The van der Waals surface area contributed by atoms with Crippen molar-refractivity contribution in [2.45, 2.75) is 43.8 Å². The summed E-state index contributed by atoms with van der Waals surface area (Å²) in [6.45, 7) is 0. The topological polar surface area (TPSA) is 116 Å². The number of fused-ring (bicyclic) bond motifs is 2. The molecule has 0 spiro atoms. The van der Waals surface area contributed by atoms with Crippen molar-refractivity contribution in [2.24, 2.45) is 0 Å². The van der Waals surface area contributed by atoms with E-state index in [9.17, 15) is 4.79 Å². The summed E-state index contributed by atoms with van der Waals surface area (Å²) in [7, 11) is 3.56. The SMILES string of the molecule is COC(=O)c1cnc(Nc2cnc(C#N)cn2)cc1N[C@H]1C[C@H]2CC[C@@H](C1)N2C. The molecule has 4 rings (SSSR count). The number of nitrogens with one attached hydrogen (secondary N) is 2. The normalized spacial score (nSPS) is 23.3. The van der Waals surface area contributed by atoms with Crippen LogP contribution in [0.1, 0.15) is 41.7 Å². The molecule has 0 aliphatic carbocycles. The van der Waals surface area contributed by atoms with E-state index in [2.05, 4.69) is 37.5 Å². The summed E-state index contributed by atoms with van der Waals surface area (Å²) >= 11 is 0. The molecule has 2 aliphatic rings. The van der Waals surface area contributed by atoms with Crippen molar-refractivity contribution in [2.75, 3.05) is 24.8 Å². The molecular formula is C20H23N7O2. The second kappa shape index (κ2) is 8.01. The summed E-state index contributed by atoms with van der Waals surface area (Å²) in [5.41, 5.74) is 1.32. The van der Waals surface area contributed by atoms with Gasteiger partial charge in [0.2, 0.25) is 0 Å². The third-order valence-electron chi connectivity index (χ3n) is 5.79. The Morgan fingerprint density at radius 2 is 1.90 bits per heavy atom. The van der Waals surface area contributed by atoms with E-state index in [0.717, 1.165) is 12.8 Å². The van der Waals surface area contributed by atoms with Gasteiger partial charge in [-0.1, -0.05) is 0 Å². The molecule has 0 unspecified atom stereocenters. The highest BCUT2D eigenvalue weighted by molar-refractivity contribution is 5.96. The highest BCUT2D eigenvalue weighted by Gasteiger charge is 2.38. The summed E-state index contributed by atoms with van der Waals surface area (Å²) in [5.74, 6) is 0.557. The minimum absolute atomic E-state index is 0.240. The maximum atomic E-state index is 12.2. The van der Waals surface area contributed by atoms with Gasteiger partial charge in [-0.2, -0.15) is 5.26 Å². The molecule has 150 valence electrons. The highest BCUT2D eigenvalue weighted by Crippen LogP contribution is 2.36. The van der Waals surface area contributed by atoms with E-state index in [1.54, 1.807) is 6.07 Å². The van der Waals surface area contributed by atoms with E-state index in [1.807, 2.05) is 6.07 Å². The number of nitriles is 1. The third kappa shape index (κ3) is 3.98. The zero-order valence-electron chi connectivity index (χ0n) is 16.4. The molecule has 2 saturated heterocycles. The maximum Gasteiger partial charge on any atom is 0.341 e. The summed E-state index contributed by atoms with van der Waals surface area (Å²) in [6.07, 6.45) is 8.89. The molecule has 29 heavy (non-hydrogen) atoms. The number of carbonyl (C=O) groups excluding carboxylic acids is 1. The molecule has 2 N–H and O–H groups in total. The van der Waals surface area contributed by atoms with Gasteiger partial charge in [0.15, 0.2) is 5.69 Å². The Kier molecular flexibility index (Phi) is 5.27. The number of anilines is 3. The first-order valence-corrected chi connectivity index (χ1v) is 9.63. The molecule has 9 nitrogen and oxygen atoms in total. The van der Waals surface area contributed by atoms with Crippen molar-refractivity contribution in [3.8, 4) is 6.07 Å². The molecule has 2 fully saturated rings. The van der Waals surface area contributed by atoms with Gasteiger partial charge in [0, 0.05) is 30.4 Å². The van der Waals surface area contributed by atoms with Gasteiger partial charge >= 0.3 is 5.97 Å². The zero-order chi connectivity index (χ0) is 20.4. The fraction of sp³-hybridized carbons (Fsp3) is 0.450. The molecule has 2 aliphatic heterocycles. The maximum absolute atomic E-state index is 12.2. The van der Waals surface area contributed by atoms with Crippen LogP contribution in [0, 0.1) is 11.3 Å². The monoisotopic (exact) mass is 393 g/mol. The van der Waals surface area contributed by atoms with E-state index < -0.39 is 5.97 Å². The first kappa shape index (κ1) is 19.1. The minimum atomic E-state index is -0.430.